The van der Waals surface area contributed by atoms with Crippen LogP contribution in [0.1, 0.15) is 38.3 Å². The van der Waals surface area contributed by atoms with Gasteiger partial charge in [-0.25, -0.2) is 0 Å². The molecule has 0 saturated carbocycles. The van der Waals surface area contributed by atoms with E-state index < -0.39 is 0 Å². The number of amides is 1. The smallest absolute Gasteiger partial charge is 0.223 e. The van der Waals surface area contributed by atoms with E-state index in [1.165, 1.54) is 0 Å². The summed E-state index contributed by atoms with van der Waals surface area (Å²) in [5.74, 6) is 1.01. The van der Waals surface area contributed by atoms with Crippen molar-refractivity contribution in [2.45, 2.75) is 38.8 Å². The van der Waals surface area contributed by atoms with E-state index >= 15 is 0 Å². The molecule has 2 rings (SSSR count). The third-order valence-corrected chi connectivity index (χ3v) is 4.22. The number of rotatable bonds is 5. The van der Waals surface area contributed by atoms with E-state index in [9.17, 15) is 9.90 Å². The highest BCUT2D eigenvalue weighted by Crippen LogP contribution is 2.31. The zero-order valence-corrected chi connectivity index (χ0v) is 12.4. The van der Waals surface area contributed by atoms with Crippen molar-refractivity contribution >= 4 is 5.91 Å². The molecule has 1 fully saturated rings. The third-order valence-electron chi connectivity index (χ3n) is 4.22. The lowest BCUT2D eigenvalue weighted by Gasteiger charge is -2.26. The van der Waals surface area contributed by atoms with Crippen LogP contribution in [0.4, 0.5) is 0 Å². The molecule has 1 aromatic carbocycles. The number of aliphatic hydroxyl groups is 1. The molecule has 0 spiro atoms. The van der Waals surface area contributed by atoms with Crippen LogP contribution in [0, 0.1) is 5.92 Å². The maximum absolute atomic E-state index is 12.1. The number of methoxy groups -OCH3 is 1. The fraction of sp³-hybridized carbons (Fsp3) is 0.562. The molecule has 0 bridgehead atoms. The first-order valence-electron chi connectivity index (χ1n) is 7.18. The number of carbonyl (C=O) groups is 1. The van der Waals surface area contributed by atoms with Crippen LogP contribution in [0.3, 0.4) is 0 Å². The van der Waals surface area contributed by atoms with Crippen LogP contribution in [-0.2, 0) is 4.79 Å². The SMILES string of the molecule is CC[C@@H](O)C1CC(=O)N([C@H](C)c2ccc(OC)cc2)C1. The van der Waals surface area contributed by atoms with Gasteiger partial charge in [0.15, 0.2) is 0 Å². The minimum atomic E-state index is -0.382. The quantitative estimate of drug-likeness (QED) is 0.899. The number of aliphatic hydroxyl groups excluding tert-OH is 1. The number of hydrogen-bond acceptors (Lipinski definition) is 3. The summed E-state index contributed by atoms with van der Waals surface area (Å²) in [4.78, 5) is 14.0. The van der Waals surface area contributed by atoms with Crippen molar-refractivity contribution in [3.05, 3.63) is 29.8 Å². The van der Waals surface area contributed by atoms with Crippen molar-refractivity contribution in [2.24, 2.45) is 5.92 Å². The van der Waals surface area contributed by atoms with Crippen molar-refractivity contribution in [1.29, 1.82) is 0 Å². The Balaban J connectivity index is 2.08. The van der Waals surface area contributed by atoms with Crippen molar-refractivity contribution in [3.8, 4) is 5.75 Å². The summed E-state index contributed by atoms with van der Waals surface area (Å²) in [6.45, 7) is 4.62. The molecule has 1 aliphatic heterocycles. The third kappa shape index (κ3) is 2.96. The summed E-state index contributed by atoms with van der Waals surface area (Å²) in [6.07, 6.45) is 0.769. The number of carbonyl (C=O) groups excluding carboxylic acids is 1. The predicted molar refractivity (Wildman–Crippen MR) is 77.5 cm³/mol. The zero-order chi connectivity index (χ0) is 14.7. The van der Waals surface area contributed by atoms with Crippen LogP contribution in [0.25, 0.3) is 0 Å². The maximum atomic E-state index is 12.1. The van der Waals surface area contributed by atoms with Crippen molar-refractivity contribution in [2.75, 3.05) is 13.7 Å². The molecule has 1 heterocycles. The monoisotopic (exact) mass is 277 g/mol. The molecule has 1 saturated heterocycles. The topological polar surface area (TPSA) is 49.8 Å². The molecule has 1 amide bonds. The Hall–Kier alpha value is -1.55. The highest BCUT2D eigenvalue weighted by atomic mass is 16.5. The van der Waals surface area contributed by atoms with E-state index in [0.717, 1.165) is 11.3 Å². The minimum absolute atomic E-state index is 0.0301. The van der Waals surface area contributed by atoms with Gasteiger partial charge in [-0.1, -0.05) is 19.1 Å². The molecule has 0 aromatic heterocycles. The normalized spacial score (nSPS) is 21.9. The first-order chi connectivity index (χ1) is 9.56. The molecular formula is C16H23NO3. The molecule has 1 unspecified atom stereocenters. The van der Waals surface area contributed by atoms with E-state index in [4.69, 9.17) is 4.74 Å². The van der Waals surface area contributed by atoms with Gasteiger partial charge in [0.05, 0.1) is 19.3 Å². The molecule has 110 valence electrons. The second-order valence-electron chi connectivity index (χ2n) is 5.44. The standard InChI is InChI=1S/C16H23NO3/c1-4-15(18)13-9-16(19)17(10-13)11(2)12-5-7-14(20-3)8-6-12/h5-8,11,13,15,18H,4,9-10H2,1-3H3/t11-,13?,15-/m1/s1. The van der Waals surface area contributed by atoms with E-state index in [-0.39, 0.29) is 24.0 Å². The second-order valence-corrected chi connectivity index (χ2v) is 5.44. The van der Waals surface area contributed by atoms with Gasteiger partial charge < -0.3 is 14.7 Å². The van der Waals surface area contributed by atoms with Gasteiger partial charge in [-0.15, -0.1) is 0 Å². The number of likely N-dealkylation sites (tertiary alicyclic amines) is 1. The van der Waals surface area contributed by atoms with Gasteiger partial charge in [0.25, 0.3) is 0 Å². The first kappa shape index (κ1) is 14.9. The van der Waals surface area contributed by atoms with E-state index in [1.54, 1.807) is 7.11 Å². The second kappa shape index (κ2) is 6.27. The Bertz CT molecular complexity index is 457. The minimum Gasteiger partial charge on any atom is -0.497 e. The van der Waals surface area contributed by atoms with Gasteiger partial charge in [0, 0.05) is 18.9 Å². The van der Waals surface area contributed by atoms with Crippen molar-refractivity contribution < 1.29 is 14.6 Å². The van der Waals surface area contributed by atoms with Gasteiger partial charge >= 0.3 is 0 Å². The highest BCUT2D eigenvalue weighted by Gasteiger charge is 2.36. The molecule has 4 heteroatoms. The number of hydrogen-bond donors (Lipinski definition) is 1. The fourth-order valence-electron chi connectivity index (χ4n) is 2.79. The maximum Gasteiger partial charge on any atom is 0.223 e. The van der Waals surface area contributed by atoms with Crippen molar-refractivity contribution in [3.63, 3.8) is 0 Å². The van der Waals surface area contributed by atoms with E-state index in [1.807, 2.05) is 43.0 Å². The van der Waals surface area contributed by atoms with Crippen LogP contribution >= 0.6 is 0 Å². The van der Waals surface area contributed by atoms with Crippen LogP contribution in [0.5, 0.6) is 5.75 Å². The van der Waals surface area contributed by atoms with Gasteiger partial charge in [0.1, 0.15) is 5.75 Å². The molecule has 1 aliphatic rings. The lowest BCUT2D eigenvalue weighted by atomic mass is 9.99. The lowest BCUT2D eigenvalue weighted by molar-refractivity contribution is -0.129. The fourth-order valence-corrected chi connectivity index (χ4v) is 2.79. The van der Waals surface area contributed by atoms with Gasteiger partial charge in [-0.2, -0.15) is 0 Å². The summed E-state index contributed by atoms with van der Waals surface area (Å²) in [7, 11) is 1.64. The summed E-state index contributed by atoms with van der Waals surface area (Å²) >= 11 is 0. The van der Waals surface area contributed by atoms with Crippen molar-refractivity contribution in [1.82, 2.24) is 4.90 Å². The molecule has 1 N–H and O–H groups in total. The summed E-state index contributed by atoms with van der Waals surface area (Å²) in [6, 6.07) is 7.82. The Labute approximate surface area is 120 Å². The Morgan fingerprint density at radius 1 is 1.40 bits per heavy atom. The molecule has 4 nitrogen and oxygen atoms in total. The van der Waals surface area contributed by atoms with Crippen LogP contribution in [-0.4, -0.2) is 35.7 Å². The molecule has 1 aromatic rings. The summed E-state index contributed by atoms with van der Waals surface area (Å²) < 4.78 is 5.14. The largest absolute Gasteiger partial charge is 0.497 e. The van der Waals surface area contributed by atoms with E-state index in [2.05, 4.69) is 0 Å². The van der Waals surface area contributed by atoms with Crippen LogP contribution in [0.2, 0.25) is 0 Å². The Kier molecular flexibility index (Phi) is 4.65. The molecule has 3 atom stereocenters. The number of benzene rings is 1. The molecule has 0 radical (unpaired) electrons. The van der Waals surface area contributed by atoms with Crippen LogP contribution < -0.4 is 4.74 Å². The molecule has 0 aliphatic carbocycles. The summed E-state index contributed by atoms with van der Waals surface area (Å²) in [5.41, 5.74) is 1.09. The van der Waals surface area contributed by atoms with Gasteiger partial charge in [0.2, 0.25) is 5.91 Å². The molecule has 20 heavy (non-hydrogen) atoms. The average molecular weight is 277 g/mol. The Morgan fingerprint density at radius 2 is 2.05 bits per heavy atom. The molecular weight excluding hydrogens is 254 g/mol. The van der Waals surface area contributed by atoms with E-state index in [0.29, 0.717) is 19.4 Å². The van der Waals surface area contributed by atoms with Gasteiger partial charge in [-0.05, 0) is 31.0 Å². The number of nitrogens with zero attached hydrogens (tertiary/aromatic N) is 1. The van der Waals surface area contributed by atoms with Crippen LogP contribution in [0.15, 0.2) is 24.3 Å². The first-order valence-corrected chi connectivity index (χ1v) is 7.18. The highest BCUT2D eigenvalue weighted by molar-refractivity contribution is 5.79. The number of ether oxygens (including phenoxy) is 1. The predicted octanol–water partition coefficient (Wildman–Crippen LogP) is 2.38. The zero-order valence-electron chi connectivity index (χ0n) is 12.4. The summed E-state index contributed by atoms with van der Waals surface area (Å²) in [5, 5.41) is 9.92. The lowest BCUT2D eigenvalue weighted by Crippen LogP contribution is -2.30. The Morgan fingerprint density at radius 3 is 2.60 bits per heavy atom. The average Bonchev–Trinajstić information content (AvgIpc) is 2.87. The van der Waals surface area contributed by atoms with Gasteiger partial charge in [-0.3, -0.25) is 4.79 Å².